The first-order valence-corrected chi connectivity index (χ1v) is 10.5. The SMILES string of the molecule is Cn1nc(C(F)F)c(C(=O)NC2CC2)c1F.O=C(O)CCCc1cc(F)ccc1C1CC1. The van der Waals surface area contributed by atoms with E-state index in [0.29, 0.717) is 23.4 Å². The second-order valence-electron chi connectivity index (χ2n) is 8.09. The molecule has 10 heteroatoms. The van der Waals surface area contributed by atoms with E-state index in [1.807, 2.05) is 6.07 Å². The quantitative estimate of drug-likeness (QED) is 0.574. The van der Waals surface area contributed by atoms with Crippen molar-refractivity contribution in [1.82, 2.24) is 15.1 Å². The van der Waals surface area contributed by atoms with E-state index in [2.05, 4.69) is 10.4 Å². The van der Waals surface area contributed by atoms with Crippen molar-refractivity contribution in [2.45, 2.75) is 63.3 Å². The van der Waals surface area contributed by atoms with Crippen LogP contribution in [-0.4, -0.2) is 32.8 Å². The van der Waals surface area contributed by atoms with Gasteiger partial charge in [-0.3, -0.25) is 9.59 Å². The second-order valence-corrected chi connectivity index (χ2v) is 8.09. The Labute approximate surface area is 182 Å². The zero-order chi connectivity index (χ0) is 23.4. The van der Waals surface area contributed by atoms with Crippen molar-refractivity contribution in [3.8, 4) is 0 Å². The maximum atomic E-state index is 13.4. The fourth-order valence-corrected chi connectivity index (χ4v) is 3.38. The van der Waals surface area contributed by atoms with Gasteiger partial charge in [0.15, 0.2) is 0 Å². The molecule has 0 bridgehead atoms. The summed E-state index contributed by atoms with van der Waals surface area (Å²) in [5.41, 5.74) is 0.748. The molecule has 0 atom stereocenters. The van der Waals surface area contributed by atoms with E-state index in [1.54, 1.807) is 6.07 Å². The van der Waals surface area contributed by atoms with E-state index in [0.717, 1.165) is 18.4 Å². The lowest BCUT2D eigenvalue weighted by Gasteiger charge is -2.08. The number of aliphatic carboxylic acids is 1. The van der Waals surface area contributed by atoms with Gasteiger partial charge in [-0.2, -0.15) is 9.49 Å². The molecule has 1 heterocycles. The summed E-state index contributed by atoms with van der Waals surface area (Å²) in [5, 5.41) is 14.3. The molecule has 174 valence electrons. The number of alkyl halides is 2. The summed E-state index contributed by atoms with van der Waals surface area (Å²) < 4.78 is 52.2. The highest BCUT2D eigenvalue weighted by molar-refractivity contribution is 5.95. The third-order valence-electron chi connectivity index (χ3n) is 5.31. The normalized spacial score (nSPS) is 15.3. The first-order valence-electron chi connectivity index (χ1n) is 10.5. The van der Waals surface area contributed by atoms with Gasteiger partial charge in [-0.1, -0.05) is 6.07 Å². The lowest BCUT2D eigenvalue weighted by Crippen LogP contribution is -2.27. The van der Waals surface area contributed by atoms with Crippen LogP contribution < -0.4 is 5.32 Å². The van der Waals surface area contributed by atoms with Crippen molar-refractivity contribution in [2.75, 3.05) is 0 Å². The van der Waals surface area contributed by atoms with Gasteiger partial charge in [-0.15, -0.1) is 0 Å². The van der Waals surface area contributed by atoms with E-state index in [-0.39, 0.29) is 18.3 Å². The Morgan fingerprint density at radius 1 is 1.22 bits per heavy atom. The predicted molar refractivity (Wildman–Crippen MR) is 108 cm³/mol. The number of nitrogens with one attached hydrogen (secondary N) is 1. The van der Waals surface area contributed by atoms with Crippen LogP contribution in [0, 0.1) is 11.8 Å². The van der Waals surface area contributed by atoms with Gasteiger partial charge in [0.25, 0.3) is 12.3 Å². The van der Waals surface area contributed by atoms with E-state index in [4.69, 9.17) is 5.11 Å². The molecule has 2 aliphatic carbocycles. The van der Waals surface area contributed by atoms with Crippen LogP contribution in [0.2, 0.25) is 0 Å². The molecule has 2 aliphatic rings. The molecule has 2 N–H and O–H groups in total. The Morgan fingerprint density at radius 2 is 1.91 bits per heavy atom. The predicted octanol–water partition coefficient (Wildman–Crippen LogP) is 4.50. The van der Waals surface area contributed by atoms with Gasteiger partial charge in [0.1, 0.15) is 17.1 Å². The number of aromatic nitrogens is 2. The number of benzene rings is 1. The Morgan fingerprint density at radius 3 is 2.47 bits per heavy atom. The van der Waals surface area contributed by atoms with Gasteiger partial charge < -0.3 is 10.4 Å². The fraction of sp³-hybridized carbons (Fsp3) is 0.500. The number of amides is 1. The fourth-order valence-electron chi connectivity index (χ4n) is 3.38. The molecule has 0 aliphatic heterocycles. The lowest BCUT2D eigenvalue weighted by atomic mass is 9.98. The minimum Gasteiger partial charge on any atom is -0.481 e. The van der Waals surface area contributed by atoms with E-state index >= 15 is 0 Å². The standard InChI is InChI=1S/C13H15FO2.C9H10F3N3O/c14-11-6-7-12(9-4-5-9)10(8-11)2-1-3-13(15)16;1-15-8(12)5(6(14-15)7(10)11)9(16)13-4-2-3-4/h6-9H,1-5H2,(H,15,16);4,7H,2-3H2,1H3,(H,13,16). The molecule has 0 unspecified atom stereocenters. The van der Waals surface area contributed by atoms with E-state index in [9.17, 15) is 27.2 Å². The van der Waals surface area contributed by atoms with Crippen LogP contribution in [0.5, 0.6) is 0 Å². The third kappa shape index (κ3) is 6.30. The number of carbonyl (C=O) groups is 2. The molecule has 0 spiro atoms. The number of carboxylic acids is 1. The van der Waals surface area contributed by atoms with Crippen LogP contribution in [0.25, 0.3) is 0 Å². The molecule has 6 nitrogen and oxygen atoms in total. The summed E-state index contributed by atoms with van der Waals surface area (Å²) >= 11 is 0. The van der Waals surface area contributed by atoms with Crippen molar-refractivity contribution in [3.05, 3.63) is 52.3 Å². The molecule has 2 aromatic rings. The topological polar surface area (TPSA) is 84.2 Å². The summed E-state index contributed by atoms with van der Waals surface area (Å²) in [6, 6.07) is 4.88. The number of nitrogens with zero attached hydrogens (tertiary/aromatic N) is 2. The highest BCUT2D eigenvalue weighted by atomic mass is 19.3. The number of carbonyl (C=O) groups excluding carboxylic acids is 1. The number of hydrogen-bond donors (Lipinski definition) is 2. The van der Waals surface area contributed by atoms with Crippen LogP contribution >= 0.6 is 0 Å². The van der Waals surface area contributed by atoms with Crippen LogP contribution in [-0.2, 0) is 18.3 Å². The Hall–Kier alpha value is -2.91. The van der Waals surface area contributed by atoms with Gasteiger partial charge in [-0.25, -0.2) is 17.9 Å². The summed E-state index contributed by atoms with van der Waals surface area (Å²) in [5.74, 6) is -2.28. The minimum atomic E-state index is -2.96. The maximum absolute atomic E-state index is 13.4. The molecule has 2 saturated carbocycles. The highest BCUT2D eigenvalue weighted by Crippen LogP contribution is 2.42. The molecule has 1 amide bonds. The van der Waals surface area contributed by atoms with E-state index < -0.39 is 35.5 Å². The number of rotatable bonds is 8. The molecule has 1 aromatic carbocycles. The van der Waals surface area contributed by atoms with Crippen molar-refractivity contribution in [1.29, 1.82) is 0 Å². The van der Waals surface area contributed by atoms with Crippen LogP contribution in [0.1, 0.15) is 78.0 Å². The number of halogens is 4. The van der Waals surface area contributed by atoms with Crippen LogP contribution in [0.4, 0.5) is 17.6 Å². The summed E-state index contributed by atoms with van der Waals surface area (Å²) in [4.78, 5) is 21.9. The summed E-state index contributed by atoms with van der Waals surface area (Å²) in [7, 11) is 1.18. The molecular weight excluding hydrogens is 430 g/mol. The first kappa shape index (κ1) is 23.7. The average molecular weight is 455 g/mol. The van der Waals surface area contributed by atoms with Crippen molar-refractivity contribution >= 4 is 11.9 Å². The Bertz CT molecular complexity index is 985. The van der Waals surface area contributed by atoms with Gasteiger partial charge in [0, 0.05) is 19.5 Å². The zero-order valence-corrected chi connectivity index (χ0v) is 17.6. The molecule has 32 heavy (non-hydrogen) atoms. The molecular formula is C22H25F4N3O3. The first-order chi connectivity index (χ1) is 15.2. The Kier molecular flexibility index (Phi) is 7.52. The van der Waals surface area contributed by atoms with Crippen molar-refractivity contribution < 1.29 is 32.3 Å². The number of carboxylic acid groups (broad SMARTS) is 1. The maximum Gasteiger partial charge on any atom is 0.303 e. The third-order valence-corrected chi connectivity index (χ3v) is 5.31. The molecule has 4 rings (SSSR count). The largest absolute Gasteiger partial charge is 0.481 e. The monoisotopic (exact) mass is 455 g/mol. The summed E-state index contributed by atoms with van der Waals surface area (Å²) in [6.45, 7) is 0. The second kappa shape index (κ2) is 10.1. The average Bonchev–Trinajstić information content (AvgIpc) is 3.63. The summed E-state index contributed by atoms with van der Waals surface area (Å²) in [6.07, 6.45) is 2.40. The van der Waals surface area contributed by atoms with Gasteiger partial charge in [0.05, 0.1) is 0 Å². The smallest absolute Gasteiger partial charge is 0.303 e. The lowest BCUT2D eigenvalue weighted by molar-refractivity contribution is -0.137. The number of aryl methyl sites for hydroxylation is 2. The minimum absolute atomic E-state index is 0.0161. The van der Waals surface area contributed by atoms with Crippen LogP contribution in [0.15, 0.2) is 18.2 Å². The molecule has 0 saturated heterocycles. The highest BCUT2D eigenvalue weighted by Gasteiger charge is 2.32. The molecule has 1 aromatic heterocycles. The van der Waals surface area contributed by atoms with Gasteiger partial charge in [-0.05, 0) is 67.7 Å². The van der Waals surface area contributed by atoms with Crippen LogP contribution in [0.3, 0.4) is 0 Å². The Balaban J connectivity index is 0.000000181. The van der Waals surface area contributed by atoms with Gasteiger partial charge >= 0.3 is 5.97 Å². The zero-order valence-electron chi connectivity index (χ0n) is 17.6. The van der Waals surface area contributed by atoms with Crippen molar-refractivity contribution in [3.63, 3.8) is 0 Å². The van der Waals surface area contributed by atoms with Crippen molar-refractivity contribution in [2.24, 2.45) is 7.05 Å². The number of hydrogen-bond acceptors (Lipinski definition) is 3. The van der Waals surface area contributed by atoms with E-state index in [1.165, 1.54) is 31.5 Å². The molecule has 2 fully saturated rings. The molecule has 0 radical (unpaired) electrons. The van der Waals surface area contributed by atoms with Gasteiger partial charge in [0.2, 0.25) is 5.95 Å².